The van der Waals surface area contributed by atoms with Gasteiger partial charge in [0.2, 0.25) is 0 Å². The van der Waals surface area contributed by atoms with Crippen molar-refractivity contribution < 1.29 is 0 Å². The molecule has 0 aromatic heterocycles. The molecule has 0 radical (unpaired) electrons. The molecule has 0 aliphatic carbocycles. The van der Waals surface area contributed by atoms with Crippen molar-refractivity contribution in [1.29, 1.82) is 0 Å². The average molecular weight is 214 g/mol. The lowest BCUT2D eigenvalue weighted by molar-refractivity contribution is 0.124. The zero-order chi connectivity index (χ0) is 12.1. The first-order valence-corrected chi connectivity index (χ1v) is 6.26. The molecule has 2 heteroatoms. The number of rotatable bonds is 7. The lowest BCUT2D eigenvalue weighted by Gasteiger charge is -2.36. The summed E-state index contributed by atoms with van der Waals surface area (Å²) >= 11 is 0. The standard InChI is InChI=1S/C13H30N2/c1-8-12(3)14(6)10-11-15(7)13(4,5)9-2/h12H,8-11H2,1-7H3. The molecule has 0 aliphatic heterocycles. The van der Waals surface area contributed by atoms with Gasteiger partial charge in [-0.05, 0) is 47.7 Å². The smallest absolute Gasteiger partial charge is 0.0148 e. The van der Waals surface area contributed by atoms with Crippen molar-refractivity contribution in [2.24, 2.45) is 0 Å². The minimum absolute atomic E-state index is 0.330. The molecule has 0 spiro atoms. The van der Waals surface area contributed by atoms with Gasteiger partial charge in [0, 0.05) is 24.7 Å². The Morgan fingerprint density at radius 2 is 1.60 bits per heavy atom. The van der Waals surface area contributed by atoms with Crippen LogP contribution in [0.1, 0.15) is 47.5 Å². The van der Waals surface area contributed by atoms with Crippen molar-refractivity contribution >= 4 is 0 Å². The topological polar surface area (TPSA) is 6.48 Å². The van der Waals surface area contributed by atoms with E-state index in [2.05, 4.69) is 58.5 Å². The number of hydrogen-bond acceptors (Lipinski definition) is 2. The van der Waals surface area contributed by atoms with E-state index in [1.54, 1.807) is 0 Å². The van der Waals surface area contributed by atoms with Crippen LogP contribution in [-0.4, -0.2) is 48.6 Å². The minimum Gasteiger partial charge on any atom is -0.302 e. The first-order chi connectivity index (χ1) is 6.85. The molecule has 1 unspecified atom stereocenters. The van der Waals surface area contributed by atoms with E-state index in [0.29, 0.717) is 11.6 Å². The van der Waals surface area contributed by atoms with Crippen LogP contribution in [0.2, 0.25) is 0 Å². The quantitative estimate of drug-likeness (QED) is 0.643. The minimum atomic E-state index is 0.330. The van der Waals surface area contributed by atoms with Crippen molar-refractivity contribution in [2.75, 3.05) is 27.2 Å². The highest BCUT2D eigenvalue weighted by atomic mass is 15.2. The Balaban J connectivity index is 3.95. The largest absolute Gasteiger partial charge is 0.302 e. The summed E-state index contributed by atoms with van der Waals surface area (Å²) in [6, 6.07) is 0.697. The Hall–Kier alpha value is -0.0800. The molecular formula is C13H30N2. The molecule has 15 heavy (non-hydrogen) atoms. The van der Waals surface area contributed by atoms with Gasteiger partial charge in [0.25, 0.3) is 0 Å². The Kier molecular flexibility index (Phi) is 6.46. The molecule has 92 valence electrons. The third-order valence-corrected chi connectivity index (χ3v) is 4.03. The molecule has 1 atom stereocenters. The van der Waals surface area contributed by atoms with Gasteiger partial charge < -0.3 is 4.90 Å². The van der Waals surface area contributed by atoms with E-state index in [1.165, 1.54) is 12.8 Å². The van der Waals surface area contributed by atoms with E-state index in [9.17, 15) is 0 Å². The molecule has 0 rings (SSSR count). The molecule has 0 amide bonds. The Morgan fingerprint density at radius 1 is 1.07 bits per heavy atom. The molecular weight excluding hydrogens is 184 g/mol. The number of nitrogens with zero attached hydrogens (tertiary/aromatic N) is 2. The summed E-state index contributed by atoms with van der Waals surface area (Å²) in [5.41, 5.74) is 0.330. The predicted octanol–water partition coefficient (Wildman–Crippen LogP) is 2.84. The zero-order valence-electron chi connectivity index (χ0n) is 11.8. The highest BCUT2D eigenvalue weighted by Gasteiger charge is 2.21. The van der Waals surface area contributed by atoms with Crippen LogP contribution in [0.15, 0.2) is 0 Å². The monoisotopic (exact) mass is 214 g/mol. The maximum absolute atomic E-state index is 2.46. The van der Waals surface area contributed by atoms with Gasteiger partial charge >= 0.3 is 0 Å². The molecule has 0 aromatic carbocycles. The van der Waals surface area contributed by atoms with Gasteiger partial charge in [-0.15, -0.1) is 0 Å². The van der Waals surface area contributed by atoms with Crippen LogP contribution >= 0.6 is 0 Å². The Labute approximate surface area is 96.6 Å². The van der Waals surface area contributed by atoms with E-state index >= 15 is 0 Å². The van der Waals surface area contributed by atoms with E-state index in [0.717, 1.165) is 13.1 Å². The highest BCUT2D eigenvalue weighted by molar-refractivity contribution is 4.78. The fourth-order valence-electron chi connectivity index (χ4n) is 1.41. The van der Waals surface area contributed by atoms with Crippen LogP contribution < -0.4 is 0 Å². The molecule has 0 saturated heterocycles. The molecule has 2 nitrogen and oxygen atoms in total. The SMILES string of the molecule is CCC(C)N(C)CCN(C)C(C)(C)CC. The first-order valence-electron chi connectivity index (χ1n) is 6.26. The van der Waals surface area contributed by atoms with Gasteiger partial charge in [-0.3, -0.25) is 4.90 Å². The van der Waals surface area contributed by atoms with Crippen molar-refractivity contribution in [2.45, 2.75) is 59.0 Å². The van der Waals surface area contributed by atoms with Crippen molar-refractivity contribution in [3.8, 4) is 0 Å². The third kappa shape index (κ3) is 4.98. The van der Waals surface area contributed by atoms with Crippen LogP contribution in [-0.2, 0) is 0 Å². The van der Waals surface area contributed by atoms with Crippen molar-refractivity contribution in [1.82, 2.24) is 9.80 Å². The second-order valence-electron chi connectivity index (χ2n) is 5.33. The van der Waals surface area contributed by atoms with Crippen LogP contribution in [0, 0.1) is 0 Å². The van der Waals surface area contributed by atoms with Gasteiger partial charge in [0.15, 0.2) is 0 Å². The Bertz CT molecular complexity index is 166. The summed E-state index contributed by atoms with van der Waals surface area (Å²) in [6.07, 6.45) is 2.44. The summed E-state index contributed by atoms with van der Waals surface area (Å²) < 4.78 is 0. The summed E-state index contributed by atoms with van der Waals surface area (Å²) in [7, 11) is 4.45. The number of likely N-dealkylation sites (N-methyl/N-ethyl adjacent to an activating group) is 2. The van der Waals surface area contributed by atoms with Crippen LogP contribution in [0.5, 0.6) is 0 Å². The first kappa shape index (κ1) is 14.9. The van der Waals surface area contributed by atoms with Gasteiger partial charge in [-0.2, -0.15) is 0 Å². The van der Waals surface area contributed by atoms with Crippen LogP contribution in [0.4, 0.5) is 0 Å². The van der Waals surface area contributed by atoms with Crippen LogP contribution in [0.3, 0.4) is 0 Å². The maximum atomic E-state index is 2.46. The van der Waals surface area contributed by atoms with E-state index < -0.39 is 0 Å². The molecule has 0 bridgehead atoms. The molecule has 0 fully saturated rings. The third-order valence-electron chi connectivity index (χ3n) is 4.03. The molecule has 0 aromatic rings. The summed E-state index contributed by atoms with van der Waals surface area (Å²) in [6.45, 7) is 13.8. The fourth-order valence-corrected chi connectivity index (χ4v) is 1.41. The van der Waals surface area contributed by atoms with Gasteiger partial charge in [-0.1, -0.05) is 13.8 Å². The summed E-state index contributed by atoms with van der Waals surface area (Å²) in [4.78, 5) is 4.91. The Morgan fingerprint density at radius 3 is 2.00 bits per heavy atom. The summed E-state index contributed by atoms with van der Waals surface area (Å²) in [5.74, 6) is 0. The second kappa shape index (κ2) is 6.49. The molecule has 0 N–H and O–H groups in total. The molecule has 0 heterocycles. The molecule has 0 saturated carbocycles. The van der Waals surface area contributed by atoms with E-state index in [-0.39, 0.29) is 0 Å². The van der Waals surface area contributed by atoms with E-state index in [1.807, 2.05) is 0 Å². The second-order valence-corrected chi connectivity index (χ2v) is 5.33. The van der Waals surface area contributed by atoms with E-state index in [4.69, 9.17) is 0 Å². The maximum Gasteiger partial charge on any atom is 0.0148 e. The van der Waals surface area contributed by atoms with Crippen molar-refractivity contribution in [3.63, 3.8) is 0 Å². The number of hydrogen-bond donors (Lipinski definition) is 0. The molecule has 0 aliphatic rings. The predicted molar refractivity (Wildman–Crippen MR) is 69.4 cm³/mol. The average Bonchev–Trinajstić information content (AvgIpc) is 2.23. The van der Waals surface area contributed by atoms with Gasteiger partial charge in [0.1, 0.15) is 0 Å². The normalized spacial score (nSPS) is 15.0. The van der Waals surface area contributed by atoms with Gasteiger partial charge in [0.05, 0.1) is 0 Å². The highest BCUT2D eigenvalue weighted by Crippen LogP contribution is 2.15. The van der Waals surface area contributed by atoms with Crippen LogP contribution in [0.25, 0.3) is 0 Å². The lowest BCUT2D eigenvalue weighted by atomic mass is 10.00. The summed E-state index contributed by atoms with van der Waals surface area (Å²) in [5, 5.41) is 0. The fraction of sp³-hybridized carbons (Fsp3) is 1.00. The van der Waals surface area contributed by atoms with Gasteiger partial charge in [-0.25, -0.2) is 0 Å². The zero-order valence-corrected chi connectivity index (χ0v) is 11.8. The van der Waals surface area contributed by atoms with Crippen molar-refractivity contribution in [3.05, 3.63) is 0 Å². The lowest BCUT2D eigenvalue weighted by Crippen LogP contribution is -2.45.